The number of rotatable bonds is 4. The molecule has 1 N–H and O–H groups in total. The van der Waals surface area contributed by atoms with Crippen molar-refractivity contribution in [3.8, 4) is 6.07 Å². The monoisotopic (exact) mass is 388 g/mol. The highest BCUT2D eigenvalue weighted by Crippen LogP contribution is 2.26. The van der Waals surface area contributed by atoms with Crippen molar-refractivity contribution in [3.05, 3.63) is 58.8 Å². The Hall–Kier alpha value is -2.87. The molecular formula is C24H28N4O. The van der Waals surface area contributed by atoms with Crippen LogP contribution < -0.4 is 10.2 Å². The summed E-state index contributed by atoms with van der Waals surface area (Å²) in [6, 6.07) is 12.5. The maximum absolute atomic E-state index is 12.8. The molecule has 1 fully saturated rings. The third-order valence-electron chi connectivity index (χ3n) is 6.30. The second-order valence-electron chi connectivity index (χ2n) is 8.24. The summed E-state index contributed by atoms with van der Waals surface area (Å²) < 4.78 is 0. The van der Waals surface area contributed by atoms with Crippen LogP contribution >= 0.6 is 0 Å². The van der Waals surface area contributed by atoms with E-state index in [-0.39, 0.29) is 17.9 Å². The van der Waals surface area contributed by atoms with Crippen LogP contribution in [0.4, 0.5) is 5.82 Å². The predicted octanol–water partition coefficient (Wildman–Crippen LogP) is 3.93. The molecular weight excluding hydrogens is 360 g/mol. The van der Waals surface area contributed by atoms with E-state index >= 15 is 0 Å². The minimum atomic E-state index is 0.0351. The van der Waals surface area contributed by atoms with Crippen molar-refractivity contribution >= 4 is 11.7 Å². The Labute approximate surface area is 172 Å². The quantitative estimate of drug-likeness (QED) is 0.862. The molecule has 1 amide bonds. The summed E-state index contributed by atoms with van der Waals surface area (Å²) >= 11 is 0. The van der Waals surface area contributed by atoms with E-state index in [4.69, 9.17) is 5.26 Å². The van der Waals surface area contributed by atoms with Gasteiger partial charge < -0.3 is 10.2 Å². The first-order valence-corrected chi connectivity index (χ1v) is 10.7. The minimum Gasteiger partial charge on any atom is -0.357 e. The fourth-order valence-corrected chi connectivity index (χ4v) is 4.45. The van der Waals surface area contributed by atoms with Gasteiger partial charge in [-0.05, 0) is 74.3 Å². The lowest BCUT2D eigenvalue weighted by Crippen LogP contribution is -2.41. The largest absolute Gasteiger partial charge is 0.357 e. The number of carbonyl (C=O) groups excluding carboxylic acids is 1. The summed E-state index contributed by atoms with van der Waals surface area (Å²) in [5.74, 6) is 1.08. The smallest absolute Gasteiger partial charge is 0.223 e. The topological polar surface area (TPSA) is 69.0 Å². The molecule has 29 heavy (non-hydrogen) atoms. The van der Waals surface area contributed by atoms with Crippen LogP contribution in [0.2, 0.25) is 0 Å². The van der Waals surface area contributed by atoms with Crippen molar-refractivity contribution < 1.29 is 4.79 Å². The number of piperidine rings is 1. The van der Waals surface area contributed by atoms with Gasteiger partial charge in [0.2, 0.25) is 5.91 Å². The first-order valence-electron chi connectivity index (χ1n) is 10.7. The van der Waals surface area contributed by atoms with Crippen LogP contribution in [0, 0.1) is 17.2 Å². The maximum Gasteiger partial charge on any atom is 0.223 e. The Morgan fingerprint density at radius 1 is 1.17 bits per heavy atom. The number of aromatic nitrogens is 1. The van der Waals surface area contributed by atoms with Gasteiger partial charge in [-0.3, -0.25) is 4.79 Å². The molecule has 2 heterocycles. The lowest BCUT2D eigenvalue weighted by molar-refractivity contribution is -0.126. The second kappa shape index (κ2) is 8.65. The number of carbonyl (C=O) groups is 1. The summed E-state index contributed by atoms with van der Waals surface area (Å²) in [5, 5.41) is 12.1. The van der Waals surface area contributed by atoms with Gasteiger partial charge in [0.1, 0.15) is 11.9 Å². The van der Waals surface area contributed by atoms with Gasteiger partial charge in [-0.25, -0.2) is 4.98 Å². The molecule has 5 nitrogen and oxygen atoms in total. The third-order valence-corrected chi connectivity index (χ3v) is 6.30. The van der Waals surface area contributed by atoms with Gasteiger partial charge in [-0.1, -0.05) is 18.2 Å². The summed E-state index contributed by atoms with van der Waals surface area (Å²) in [5.41, 5.74) is 4.71. The molecule has 4 rings (SSSR count). The van der Waals surface area contributed by atoms with Crippen LogP contribution in [0.1, 0.15) is 60.9 Å². The Morgan fingerprint density at radius 2 is 1.93 bits per heavy atom. The molecule has 2 aliphatic rings. The van der Waals surface area contributed by atoms with Crippen molar-refractivity contribution in [2.24, 2.45) is 5.92 Å². The summed E-state index contributed by atoms with van der Waals surface area (Å²) in [6.45, 7) is 3.70. The van der Waals surface area contributed by atoms with Gasteiger partial charge in [0, 0.05) is 25.2 Å². The zero-order valence-corrected chi connectivity index (χ0v) is 17.0. The molecule has 150 valence electrons. The highest BCUT2D eigenvalue weighted by molar-refractivity contribution is 5.79. The van der Waals surface area contributed by atoms with Crippen molar-refractivity contribution in [2.75, 3.05) is 18.0 Å². The van der Waals surface area contributed by atoms with E-state index in [9.17, 15) is 4.79 Å². The van der Waals surface area contributed by atoms with E-state index in [1.165, 1.54) is 36.0 Å². The first-order chi connectivity index (χ1) is 14.1. The second-order valence-corrected chi connectivity index (χ2v) is 8.24. The zero-order valence-electron chi connectivity index (χ0n) is 17.0. The fraction of sp³-hybridized carbons (Fsp3) is 0.458. The molecule has 1 aromatic heterocycles. The number of benzene rings is 1. The molecule has 0 spiro atoms. The van der Waals surface area contributed by atoms with E-state index in [0.29, 0.717) is 5.56 Å². The molecule has 1 aliphatic carbocycles. The first kappa shape index (κ1) is 19.4. The molecule has 0 saturated carbocycles. The molecule has 1 saturated heterocycles. The van der Waals surface area contributed by atoms with Crippen molar-refractivity contribution in [3.63, 3.8) is 0 Å². The van der Waals surface area contributed by atoms with Crippen molar-refractivity contribution in [1.82, 2.24) is 10.3 Å². The van der Waals surface area contributed by atoms with E-state index in [1.807, 2.05) is 6.07 Å². The molecule has 0 unspecified atom stereocenters. The third kappa shape index (κ3) is 4.42. The summed E-state index contributed by atoms with van der Waals surface area (Å²) in [6.07, 6.45) is 8.15. The number of nitriles is 1. The van der Waals surface area contributed by atoms with Gasteiger partial charge in [0.15, 0.2) is 0 Å². The van der Waals surface area contributed by atoms with Crippen LogP contribution in [-0.2, 0) is 17.6 Å². The number of amides is 1. The van der Waals surface area contributed by atoms with E-state index in [2.05, 4.69) is 46.4 Å². The number of fused-ring (bicyclic) bond motifs is 1. The van der Waals surface area contributed by atoms with Gasteiger partial charge in [-0.2, -0.15) is 5.26 Å². The average molecular weight is 389 g/mol. The number of aryl methyl sites for hydroxylation is 2. The molecule has 1 aliphatic heterocycles. The lowest BCUT2D eigenvalue weighted by atomic mass is 9.89. The normalized spacial score (nSPS) is 17.9. The molecule has 5 heteroatoms. The van der Waals surface area contributed by atoms with Gasteiger partial charge in [0.05, 0.1) is 11.6 Å². The fourth-order valence-electron chi connectivity index (χ4n) is 4.45. The van der Waals surface area contributed by atoms with Gasteiger partial charge in [0.25, 0.3) is 0 Å². The van der Waals surface area contributed by atoms with Gasteiger partial charge in [-0.15, -0.1) is 0 Å². The Kier molecular flexibility index (Phi) is 5.80. The average Bonchev–Trinajstić information content (AvgIpc) is 2.79. The Morgan fingerprint density at radius 3 is 2.62 bits per heavy atom. The highest BCUT2D eigenvalue weighted by Gasteiger charge is 2.26. The van der Waals surface area contributed by atoms with Crippen LogP contribution in [0.25, 0.3) is 0 Å². The predicted molar refractivity (Wildman–Crippen MR) is 114 cm³/mol. The minimum absolute atomic E-state index is 0.0351. The molecule has 0 bridgehead atoms. The highest BCUT2D eigenvalue weighted by atomic mass is 16.1. The van der Waals surface area contributed by atoms with Crippen LogP contribution in [0.5, 0.6) is 0 Å². The summed E-state index contributed by atoms with van der Waals surface area (Å²) in [7, 11) is 0. The number of nitrogens with zero attached hydrogens (tertiary/aromatic N) is 3. The van der Waals surface area contributed by atoms with Crippen LogP contribution in [0.3, 0.4) is 0 Å². The SMILES string of the molecule is C[C@@H](NC(=O)C1CCN(c2ccc(C#N)cn2)CC1)c1ccc2c(c1)CCCC2. The molecule has 0 radical (unpaired) electrons. The summed E-state index contributed by atoms with van der Waals surface area (Å²) in [4.78, 5) is 19.4. The van der Waals surface area contributed by atoms with Crippen LogP contribution in [-0.4, -0.2) is 24.0 Å². The van der Waals surface area contributed by atoms with Crippen LogP contribution in [0.15, 0.2) is 36.5 Å². The van der Waals surface area contributed by atoms with Crippen molar-refractivity contribution in [1.29, 1.82) is 5.26 Å². The van der Waals surface area contributed by atoms with Crippen molar-refractivity contribution in [2.45, 2.75) is 51.5 Å². The van der Waals surface area contributed by atoms with Gasteiger partial charge >= 0.3 is 0 Å². The number of hydrogen-bond donors (Lipinski definition) is 1. The maximum atomic E-state index is 12.8. The number of pyridine rings is 1. The Bertz CT molecular complexity index is 907. The van der Waals surface area contributed by atoms with E-state index in [0.717, 1.165) is 38.2 Å². The zero-order chi connectivity index (χ0) is 20.2. The molecule has 2 aromatic rings. The number of anilines is 1. The lowest BCUT2D eigenvalue weighted by Gasteiger charge is -2.32. The Balaban J connectivity index is 1.32. The standard InChI is InChI=1S/C24H28N4O/c1-17(21-8-7-19-4-2-3-5-22(19)14-21)27-24(29)20-10-12-28(13-11-20)23-9-6-18(15-25)16-26-23/h6-9,14,16-17,20H,2-5,10-13H2,1H3,(H,27,29)/t17-/m1/s1. The molecule has 1 aromatic carbocycles. The molecule has 1 atom stereocenters. The van der Waals surface area contributed by atoms with E-state index in [1.54, 1.807) is 12.3 Å². The van der Waals surface area contributed by atoms with E-state index < -0.39 is 0 Å². The number of hydrogen-bond acceptors (Lipinski definition) is 4. The number of nitrogens with one attached hydrogen (secondary N) is 1.